The van der Waals surface area contributed by atoms with Gasteiger partial charge >= 0.3 is 0 Å². The van der Waals surface area contributed by atoms with Crippen LogP contribution in [-0.2, 0) is 11.3 Å². The molecule has 162 valence electrons. The number of anilines is 1. The number of nitrogens with zero attached hydrogens (tertiary/aromatic N) is 3. The summed E-state index contributed by atoms with van der Waals surface area (Å²) in [7, 11) is 3.12. The summed E-state index contributed by atoms with van der Waals surface area (Å²) in [5.41, 5.74) is 2.23. The molecule has 10 heteroatoms. The molecule has 1 amide bonds. The summed E-state index contributed by atoms with van der Waals surface area (Å²) in [5, 5.41) is 6.96. The van der Waals surface area contributed by atoms with E-state index in [1.54, 1.807) is 14.2 Å². The molecule has 5 rings (SSSR count). The fourth-order valence-electron chi connectivity index (χ4n) is 3.41. The Morgan fingerprint density at radius 3 is 2.81 bits per heavy atom. The van der Waals surface area contributed by atoms with Gasteiger partial charge in [-0.2, -0.15) is 4.98 Å². The van der Waals surface area contributed by atoms with Gasteiger partial charge in [-0.05, 0) is 24.6 Å². The number of amides is 1. The molecule has 0 aliphatic carbocycles. The SMILES string of the molecule is COCc1nc(OC)c2c(C)c(C(=O)Nc3nc(-c4cc5ccccc5o4)cs3)sc2n1. The first kappa shape index (κ1) is 20.6. The van der Waals surface area contributed by atoms with Gasteiger partial charge < -0.3 is 13.9 Å². The van der Waals surface area contributed by atoms with Crippen LogP contribution in [0.5, 0.6) is 5.88 Å². The molecule has 32 heavy (non-hydrogen) atoms. The molecule has 0 saturated carbocycles. The quantitative estimate of drug-likeness (QED) is 0.364. The number of nitrogens with one attached hydrogen (secondary N) is 1. The van der Waals surface area contributed by atoms with Gasteiger partial charge in [0.25, 0.3) is 5.91 Å². The predicted octanol–water partition coefficient (Wildman–Crippen LogP) is 5.28. The van der Waals surface area contributed by atoms with Crippen LogP contribution in [0.15, 0.2) is 40.1 Å². The van der Waals surface area contributed by atoms with E-state index in [2.05, 4.69) is 20.3 Å². The van der Waals surface area contributed by atoms with E-state index in [4.69, 9.17) is 13.9 Å². The Morgan fingerprint density at radius 2 is 2.03 bits per heavy atom. The fourth-order valence-corrected chi connectivity index (χ4v) is 5.19. The van der Waals surface area contributed by atoms with Gasteiger partial charge in [0.1, 0.15) is 22.7 Å². The first-order valence-electron chi connectivity index (χ1n) is 9.66. The van der Waals surface area contributed by atoms with Crippen LogP contribution < -0.4 is 10.1 Å². The molecule has 0 saturated heterocycles. The number of hydrogen-bond acceptors (Lipinski definition) is 9. The van der Waals surface area contributed by atoms with Crippen molar-refractivity contribution in [3.05, 3.63) is 52.0 Å². The third-order valence-electron chi connectivity index (χ3n) is 4.88. The van der Waals surface area contributed by atoms with Crippen LogP contribution in [0.4, 0.5) is 5.13 Å². The Balaban J connectivity index is 1.43. The summed E-state index contributed by atoms with van der Waals surface area (Å²) in [6.07, 6.45) is 0. The molecule has 0 atom stereocenters. The van der Waals surface area contributed by atoms with E-state index >= 15 is 0 Å². The number of furan rings is 1. The van der Waals surface area contributed by atoms with Gasteiger partial charge in [0.15, 0.2) is 16.7 Å². The highest BCUT2D eigenvalue weighted by Gasteiger charge is 2.22. The minimum Gasteiger partial charge on any atom is -0.480 e. The summed E-state index contributed by atoms with van der Waals surface area (Å²) in [6, 6.07) is 9.71. The van der Waals surface area contributed by atoms with Crippen LogP contribution in [-0.4, -0.2) is 35.1 Å². The minimum absolute atomic E-state index is 0.258. The average Bonchev–Trinajstić information content (AvgIpc) is 3.50. The fraction of sp³-hybridized carbons (Fsp3) is 0.182. The summed E-state index contributed by atoms with van der Waals surface area (Å²) in [4.78, 5) is 27.6. The van der Waals surface area contributed by atoms with Gasteiger partial charge in [0.05, 0.1) is 17.4 Å². The van der Waals surface area contributed by atoms with Crippen LogP contribution >= 0.6 is 22.7 Å². The lowest BCUT2D eigenvalue weighted by molar-refractivity contribution is 0.103. The molecule has 4 heterocycles. The lowest BCUT2D eigenvalue weighted by Gasteiger charge is -2.05. The number of fused-ring (bicyclic) bond motifs is 2. The summed E-state index contributed by atoms with van der Waals surface area (Å²) in [5.74, 6) is 1.33. The Labute approximate surface area is 190 Å². The maximum atomic E-state index is 13.0. The van der Waals surface area contributed by atoms with Crippen molar-refractivity contribution < 1.29 is 18.7 Å². The molecule has 1 N–H and O–H groups in total. The average molecular weight is 467 g/mol. The lowest BCUT2D eigenvalue weighted by Crippen LogP contribution is -2.11. The zero-order valence-electron chi connectivity index (χ0n) is 17.5. The number of ether oxygens (including phenoxy) is 2. The van der Waals surface area contributed by atoms with Gasteiger partial charge in [0, 0.05) is 17.9 Å². The molecular weight excluding hydrogens is 448 g/mol. The molecule has 0 spiro atoms. The van der Waals surface area contributed by atoms with Crippen molar-refractivity contribution >= 4 is 54.9 Å². The molecule has 0 bridgehead atoms. The number of rotatable bonds is 6. The van der Waals surface area contributed by atoms with E-state index < -0.39 is 0 Å². The van der Waals surface area contributed by atoms with Gasteiger partial charge in [-0.1, -0.05) is 18.2 Å². The molecule has 5 aromatic rings. The van der Waals surface area contributed by atoms with Crippen LogP contribution in [0.3, 0.4) is 0 Å². The number of carbonyl (C=O) groups excluding carboxylic acids is 1. The molecule has 1 aromatic carbocycles. The number of methoxy groups -OCH3 is 2. The van der Waals surface area contributed by atoms with Crippen molar-refractivity contribution in [3.8, 4) is 17.3 Å². The third-order valence-corrected chi connectivity index (χ3v) is 6.82. The second-order valence-corrected chi connectivity index (χ2v) is 8.82. The zero-order valence-corrected chi connectivity index (χ0v) is 19.1. The van der Waals surface area contributed by atoms with Crippen LogP contribution in [0.2, 0.25) is 0 Å². The van der Waals surface area contributed by atoms with Crippen molar-refractivity contribution in [3.63, 3.8) is 0 Å². The van der Waals surface area contributed by atoms with E-state index in [0.29, 0.717) is 38.0 Å². The molecule has 0 unspecified atom stereocenters. The molecule has 8 nitrogen and oxygen atoms in total. The molecular formula is C22H18N4O4S2. The number of benzene rings is 1. The standard InChI is InChI=1S/C22H18N4O4S2/c1-11-17-20(29-3)24-16(9-28-2)25-21(17)32-18(11)19(27)26-22-23-13(10-31-22)15-8-12-6-4-5-7-14(12)30-15/h4-8,10H,9H2,1-3H3,(H,23,26,27). The monoisotopic (exact) mass is 466 g/mol. The number of carbonyl (C=O) groups is 1. The predicted molar refractivity (Wildman–Crippen MR) is 125 cm³/mol. The molecule has 4 aromatic heterocycles. The Hall–Kier alpha value is -3.34. The van der Waals surface area contributed by atoms with Crippen molar-refractivity contribution in [1.82, 2.24) is 15.0 Å². The topological polar surface area (TPSA) is 99.4 Å². The minimum atomic E-state index is -0.258. The maximum absolute atomic E-state index is 13.0. The van der Waals surface area contributed by atoms with Gasteiger partial charge in [-0.15, -0.1) is 22.7 Å². The summed E-state index contributed by atoms with van der Waals surface area (Å²) in [6.45, 7) is 2.12. The van der Waals surface area contributed by atoms with Gasteiger partial charge in [-0.3, -0.25) is 10.1 Å². The highest BCUT2D eigenvalue weighted by Crippen LogP contribution is 2.36. The van der Waals surface area contributed by atoms with Crippen molar-refractivity contribution in [2.24, 2.45) is 0 Å². The van der Waals surface area contributed by atoms with Gasteiger partial charge in [-0.25, -0.2) is 9.97 Å². The zero-order chi connectivity index (χ0) is 22.2. The molecule has 0 fully saturated rings. The van der Waals surface area contributed by atoms with Crippen molar-refractivity contribution in [2.45, 2.75) is 13.5 Å². The smallest absolute Gasteiger partial charge is 0.267 e. The van der Waals surface area contributed by atoms with Crippen LogP contribution in [0, 0.1) is 6.92 Å². The second kappa shape index (κ2) is 8.30. The van der Waals surface area contributed by atoms with Crippen LogP contribution in [0.1, 0.15) is 21.1 Å². The summed E-state index contributed by atoms with van der Waals surface area (Å²) < 4.78 is 16.4. The number of thiophene rings is 1. The maximum Gasteiger partial charge on any atom is 0.267 e. The van der Waals surface area contributed by atoms with E-state index in [1.807, 2.05) is 42.6 Å². The first-order valence-corrected chi connectivity index (χ1v) is 11.4. The molecule has 0 aliphatic heterocycles. The van der Waals surface area contributed by atoms with Crippen molar-refractivity contribution in [2.75, 3.05) is 19.5 Å². The van der Waals surface area contributed by atoms with E-state index in [-0.39, 0.29) is 12.5 Å². The number of para-hydroxylation sites is 1. The normalized spacial score (nSPS) is 11.3. The van der Waals surface area contributed by atoms with Crippen molar-refractivity contribution in [1.29, 1.82) is 0 Å². The molecule has 0 radical (unpaired) electrons. The van der Waals surface area contributed by atoms with E-state index in [0.717, 1.165) is 21.9 Å². The Bertz CT molecular complexity index is 1420. The first-order chi connectivity index (χ1) is 15.6. The number of hydrogen-bond donors (Lipinski definition) is 1. The highest BCUT2D eigenvalue weighted by molar-refractivity contribution is 7.21. The van der Waals surface area contributed by atoms with E-state index in [1.165, 1.54) is 22.7 Å². The third kappa shape index (κ3) is 3.62. The number of aromatic nitrogens is 3. The highest BCUT2D eigenvalue weighted by atomic mass is 32.1. The largest absolute Gasteiger partial charge is 0.480 e. The molecule has 0 aliphatic rings. The second-order valence-electron chi connectivity index (χ2n) is 6.96. The Kier molecular flexibility index (Phi) is 5.33. The lowest BCUT2D eigenvalue weighted by atomic mass is 10.2. The van der Waals surface area contributed by atoms with Gasteiger partial charge in [0.2, 0.25) is 5.88 Å². The van der Waals surface area contributed by atoms with Crippen LogP contribution in [0.25, 0.3) is 32.6 Å². The number of aryl methyl sites for hydroxylation is 1. The summed E-state index contributed by atoms with van der Waals surface area (Å²) >= 11 is 2.63. The number of thiazole rings is 1. The van der Waals surface area contributed by atoms with E-state index in [9.17, 15) is 4.79 Å². The Morgan fingerprint density at radius 1 is 1.19 bits per heavy atom.